The number of rotatable bonds is 11. The molecule has 0 radical (unpaired) electrons. The molecule has 1 amide bonds. The van der Waals surface area contributed by atoms with Crippen molar-refractivity contribution in [1.82, 2.24) is 4.90 Å². The van der Waals surface area contributed by atoms with Gasteiger partial charge in [-0.15, -0.1) is 0 Å². The predicted octanol–water partition coefficient (Wildman–Crippen LogP) is 6.04. The molecule has 0 saturated heterocycles. The van der Waals surface area contributed by atoms with Gasteiger partial charge >= 0.3 is 5.97 Å². The van der Waals surface area contributed by atoms with E-state index in [1.807, 2.05) is 116 Å². The quantitative estimate of drug-likeness (QED) is 0.221. The Morgan fingerprint density at radius 3 is 1.77 bits per heavy atom. The van der Waals surface area contributed by atoms with Gasteiger partial charge in [0.05, 0.1) is 17.3 Å². The van der Waals surface area contributed by atoms with Crippen molar-refractivity contribution >= 4 is 23.5 Å². The van der Waals surface area contributed by atoms with Crippen LogP contribution in [0.3, 0.4) is 0 Å². The zero-order valence-corrected chi connectivity index (χ0v) is 23.5. The number of hydrogen-bond donors (Lipinski definition) is 2. The van der Waals surface area contributed by atoms with Crippen molar-refractivity contribution in [2.75, 3.05) is 13.6 Å². The molecule has 0 aliphatic carbocycles. The Kier molecular flexibility index (Phi) is 9.41. The molecule has 6 heteroatoms. The van der Waals surface area contributed by atoms with E-state index in [0.717, 1.165) is 16.7 Å². The molecule has 3 atom stereocenters. The lowest BCUT2D eigenvalue weighted by Crippen LogP contribution is -2.53. The third kappa shape index (κ3) is 5.67. The Morgan fingerprint density at radius 1 is 0.825 bits per heavy atom. The number of carbonyl (C=O) groups is 2. The number of benzene rings is 4. The summed E-state index contributed by atoms with van der Waals surface area (Å²) in [6, 6.07) is 35.6. The first-order chi connectivity index (χ1) is 19.3. The van der Waals surface area contributed by atoms with E-state index in [-0.39, 0.29) is 24.9 Å². The maximum Gasteiger partial charge on any atom is 0.308 e. The summed E-state index contributed by atoms with van der Waals surface area (Å²) in [6.07, 6.45) is 0.226. The number of carboxylic acids is 1. The van der Waals surface area contributed by atoms with Crippen LogP contribution in [0.15, 0.2) is 115 Å². The molecular formula is C34H35ClN2O3. The van der Waals surface area contributed by atoms with Crippen LogP contribution in [0.2, 0.25) is 5.02 Å². The summed E-state index contributed by atoms with van der Waals surface area (Å²) in [5, 5.41) is 11.6. The van der Waals surface area contributed by atoms with Crippen LogP contribution < -0.4 is 5.73 Å². The number of carbonyl (C=O) groups excluding carboxylic acids is 1. The summed E-state index contributed by atoms with van der Waals surface area (Å²) >= 11 is 6.93. The lowest BCUT2D eigenvalue weighted by atomic mass is 9.57. The van der Waals surface area contributed by atoms with E-state index >= 15 is 0 Å². The molecule has 0 aliphatic heterocycles. The monoisotopic (exact) mass is 554 g/mol. The van der Waals surface area contributed by atoms with Gasteiger partial charge in [0.1, 0.15) is 0 Å². The zero-order valence-electron chi connectivity index (χ0n) is 22.8. The van der Waals surface area contributed by atoms with E-state index in [1.165, 1.54) is 0 Å². The maximum atomic E-state index is 14.4. The summed E-state index contributed by atoms with van der Waals surface area (Å²) in [5.41, 5.74) is 7.63. The first-order valence-electron chi connectivity index (χ1n) is 13.4. The second kappa shape index (κ2) is 12.9. The highest BCUT2D eigenvalue weighted by molar-refractivity contribution is 6.31. The molecule has 40 heavy (non-hydrogen) atoms. The second-order valence-electron chi connectivity index (χ2n) is 10.2. The van der Waals surface area contributed by atoms with Crippen molar-refractivity contribution in [2.45, 2.75) is 24.8 Å². The summed E-state index contributed by atoms with van der Waals surface area (Å²) < 4.78 is 0. The molecule has 0 spiro atoms. The fourth-order valence-electron chi connectivity index (χ4n) is 5.70. The third-order valence-corrected chi connectivity index (χ3v) is 8.19. The fourth-order valence-corrected chi connectivity index (χ4v) is 5.98. The Balaban J connectivity index is 2.11. The molecule has 4 aromatic carbocycles. The molecule has 3 N–H and O–H groups in total. The highest BCUT2D eigenvalue weighted by Crippen LogP contribution is 2.51. The molecule has 0 heterocycles. The Bertz CT molecular complexity index is 1370. The number of likely N-dealkylation sites (N-methyl/N-ethyl adjacent to an activating group) is 1. The summed E-state index contributed by atoms with van der Waals surface area (Å²) in [4.78, 5) is 29.7. The summed E-state index contributed by atoms with van der Waals surface area (Å²) in [5.74, 6) is -3.54. The molecule has 4 rings (SSSR count). The SMILES string of the molecule is C[C@@H](CN)N(C)C(=O)C(Cc1ccccc1)[C@@H](C(=O)O)C(c1ccccc1)(c1ccccc1)c1ccccc1Cl. The molecule has 0 aliphatic rings. The highest BCUT2D eigenvalue weighted by atomic mass is 35.5. The standard InChI is InChI=1S/C34H35ClN2O3/c1-24(23-36)37(2)32(38)28(22-25-14-6-3-7-15-25)31(33(39)40)34(26-16-8-4-9-17-26,27-18-10-5-11-19-27)29-20-12-13-21-30(29)35/h3-21,24,28,31H,22-23,36H2,1-2H3,(H,39,40)/t24-,28?,31-/m0/s1. The normalized spacial score (nSPS) is 13.7. The average molecular weight is 555 g/mol. The van der Waals surface area contributed by atoms with E-state index in [1.54, 1.807) is 18.0 Å². The topological polar surface area (TPSA) is 83.6 Å². The molecule has 0 aromatic heterocycles. The van der Waals surface area contributed by atoms with Crippen molar-refractivity contribution in [3.63, 3.8) is 0 Å². The van der Waals surface area contributed by atoms with Gasteiger partial charge in [-0.05, 0) is 41.7 Å². The van der Waals surface area contributed by atoms with Crippen LogP contribution in [0.25, 0.3) is 0 Å². The lowest BCUT2D eigenvalue weighted by molar-refractivity contribution is -0.152. The van der Waals surface area contributed by atoms with Gasteiger partial charge < -0.3 is 15.7 Å². The minimum absolute atomic E-state index is 0.226. The summed E-state index contributed by atoms with van der Waals surface area (Å²) in [7, 11) is 1.69. The van der Waals surface area contributed by atoms with Gasteiger partial charge in [-0.25, -0.2) is 0 Å². The van der Waals surface area contributed by atoms with Crippen LogP contribution >= 0.6 is 11.6 Å². The molecule has 0 bridgehead atoms. The molecule has 0 saturated carbocycles. The third-order valence-electron chi connectivity index (χ3n) is 7.86. The molecule has 0 fully saturated rings. The van der Waals surface area contributed by atoms with Crippen LogP contribution in [0, 0.1) is 11.8 Å². The number of carboxylic acid groups (broad SMARTS) is 1. The van der Waals surface area contributed by atoms with Crippen molar-refractivity contribution < 1.29 is 14.7 Å². The van der Waals surface area contributed by atoms with E-state index in [4.69, 9.17) is 17.3 Å². The fraction of sp³-hybridized carbons (Fsp3) is 0.235. The lowest BCUT2D eigenvalue weighted by Gasteiger charge is -2.45. The molecule has 5 nitrogen and oxygen atoms in total. The van der Waals surface area contributed by atoms with Gasteiger partial charge in [0.15, 0.2) is 0 Å². The van der Waals surface area contributed by atoms with Crippen molar-refractivity contribution in [2.24, 2.45) is 17.6 Å². The van der Waals surface area contributed by atoms with E-state index < -0.39 is 23.2 Å². The van der Waals surface area contributed by atoms with Crippen LogP contribution in [0.4, 0.5) is 0 Å². The van der Waals surface area contributed by atoms with Gasteiger partial charge in [-0.2, -0.15) is 0 Å². The number of nitrogens with zero attached hydrogens (tertiary/aromatic N) is 1. The number of nitrogens with two attached hydrogens (primary N) is 1. The van der Waals surface area contributed by atoms with Crippen LogP contribution in [-0.2, 0) is 21.4 Å². The largest absolute Gasteiger partial charge is 0.481 e. The Morgan fingerprint density at radius 2 is 1.30 bits per heavy atom. The minimum atomic E-state index is -1.30. The summed E-state index contributed by atoms with van der Waals surface area (Å²) in [6.45, 7) is 2.12. The van der Waals surface area contributed by atoms with Gasteiger partial charge in [0.2, 0.25) is 5.91 Å². The van der Waals surface area contributed by atoms with Crippen molar-refractivity contribution in [3.05, 3.63) is 143 Å². The molecule has 4 aromatic rings. The number of aliphatic carboxylic acids is 1. The van der Waals surface area contributed by atoms with Crippen LogP contribution in [-0.4, -0.2) is 41.5 Å². The molecule has 206 valence electrons. The van der Waals surface area contributed by atoms with Gasteiger partial charge in [-0.3, -0.25) is 9.59 Å². The van der Waals surface area contributed by atoms with E-state index in [0.29, 0.717) is 10.6 Å². The molecular weight excluding hydrogens is 520 g/mol. The predicted molar refractivity (Wildman–Crippen MR) is 160 cm³/mol. The Labute approximate surface area is 241 Å². The van der Waals surface area contributed by atoms with Gasteiger partial charge in [0.25, 0.3) is 0 Å². The zero-order chi connectivity index (χ0) is 28.7. The maximum absolute atomic E-state index is 14.4. The second-order valence-corrected chi connectivity index (χ2v) is 10.6. The van der Waals surface area contributed by atoms with E-state index in [9.17, 15) is 14.7 Å². The van der Waals surface area contributed by atoms with Crippen molar-refractivity contribution in [1.29, 1.82) is 0 Å². The number of hydrogen-bond acceptors (Lipinski definition) is 3. The van der Waals surface area contributed by atoms with Crippen molar-refractivity contribution in [3.8, 4) is 0 Å². The smallest absolute Gasteiger partial charge is 0.308 e. The highest BCUT2D eigenvalue weighted by Gasteiger charge is 2.54. The van der Waals surface area contributed by atoms with Crippen LogP contribution in [0.1, 0.15) is 29.2 Å². The number of halogens is 1. The van der Waals surface area contributed by atoms with Crippen LogP contribution in [0.5, 0.6) is 0 Å². The van der Waals surface area contributed by atoms with E-state index in [2.05, 4.69) is 0 Å². The molecule has 1 unspecified atom stereocenters. The first-order valence-corrected chi connectivity index (χ1v) is 13.8. The minimum Gasteiger partial charge on any atom is -0.481 e. The number of amides is 1. The van der Waals surface area contributed by atoms with Gasteiger partial charge in [-0.1, -0.05) is 121 Å². The van der Waals surface area contributed by atoms with Gasteiger partial charge in [0, 0.05) is 24.7 Å². The Hall–Kier alpha value is -3.93. The average Bonchev–Trinajstić information content (AvgIpc) is 2.99. The first kappa shape index (κ1) is 29.1.